The Bertz CT molecular complexity index is 405. The van der Waals surface area contributed by atoms with Crippen LogP contribution < -0.4 is 5.32 Å². The van der Waals surface area contributed by atoms with Gasteiger partial charge in [-0.2, -0.15) is 0 Å². The van der Waals surface area contributed by atoms with Crippen molar-refractivity contribution in [3.8, 4) is 0 Å². The smallest absolute Gasteiger partial charge is 0.245 e. The minimum Gasteiger partial charge on any atom is -0.360 e. The van der Waals surface area contributed by atoms with Gasteiger partial charge in [0.05, 0.1) is 6.54 Å². The van der Waals surface area contributed by atoms with Gasteiger partial charge in [0.2, 0.25) is 11.8 Å². The van der Waals surface area contributed by atoms with E-state index >= 15 is 0 Å². The predicted molar refractivity (Wildman–Crippen MR) is 65.9 cm³/mol. The topological polar surface area (TPSA) is 75.4 Å². The Morgan fingerprint density at radius 1 is 1.59 bits per heavy atom. The second-order valence-electron chi connectivity index (χ2n) is 3.56. The van der Waals surface area contributed by atoms with E-state index in [1.54, 1.807) is 20.0 Å². The van der Waals surface area contributed by atoms with Crippen LogP contribution in [0.25, 0.3) is 0 Å². The summed E-state index contributed by atoms with van der Waals surface area (Å²) in [5.41, 5.74) is 0. The molecule has 1 heterocycles. The first-order valence-electron chi connectivity index (χ1n) is 5.06. The maximum absolute atomic E-state index is 11.5. The molecule has 0 aliphatic carbocycles. The van der Waals surface area contributed by atoms with Crippen molar-refractivity contribution in [3.05, 3.63) is 11.8 Å². The van der Waals surface area contributed by atoms with Crippen molar-refractivity contribution in [1.82, 2.24) is 10.1 Å². The van der Waals surface area contributed by atoms with Crippen molar-refractivity contribution in [3.63, 3.8) is 0 Å². The molecule has 0 aliphatic rings. The number of nitrogens with one attached hydrogen (secondary N) is 1. The summed E-state index contributed by atoms with van der Waals surface area (Å²) in [7, 11) is 1.58. The molecule has 0 aromatic carbocycles. The highest BCUT2D eigenvalue weighted by molar-refractivity contribution is 9.09. The van der Waals surface area contributed by atoms with Crippen molar-refractivity contribution in [2.24, 2.45) is 0 Å². The van der Waals surface area contributed by atoms with Gasteiger partial charge in [-0.1, -0.05) is 21.1 Å². The van der Waals surface area contributed by atoms with Crippen molar-refractivity contribution >= 4 is 33.6 Å². The molecule has 7 heteroatoms. The zero-order valence-electron chi connectivity index (χ0n) is 9.70. The van der Waals surface area contributed by atoms with Gasteiger partial charge in [0, 0.05) is 24.9 Å². The van der Waals surface area contributed by atoms with E-state index in [-0.39, 0.29) is 18.4 Å². The van der Waals surface area contributed by atoms with Gasteiger partial charge < -0.3 is 14.7 Å². The number of nitrogens with zero attached hydrogens (tertiary/aromatic N) is 2. The lowest BCUT2D eigenvalue weighted by Gasteiger charge is -2.15. The lowest BCUT2D eigenvalue weighted by molar-refractivity contribution is -0.132. The summed E-state index contributed by atoms with van der Waals surface area (Å²) < 4.78 is 4.80. The van der Waals surface area contributed by atoms with Crippen molar-refractivity contribution in [1.29, 1.82) is 0 Å². The van der Waals surface area contributed by atoms with Gasteiger partial charge in [-0.15, -0.1) is 0 Å². The number of alkyl halides is 1. The number of aryl methyl sites for hydroxylation is 1. The average molecular weight is 304 g/mol. The minimum absolute atomic E-state index is 0.00224. The Morgan fingerprint density at radius 2 is 2.29 bits per heavy atom. The average Bonchev–Trinajstić information content (AvgIpc) is 2.64. The molecule has 6 nitrogen and oxygen atoms in total. The second kappa shape index (κ2) is 6.39. The molecular weight excluding hydrogens is 290 g/mol. The first-order chi connectivity index (χ1) is 8.02. The van der Waals surface area contributed by atoms with Crippen LogP contribution in [0.15, 0.2) is 10.6 Å². The molecule has 94 valence electrons. The molecule has 0 saturated heterocycles. The summed E-state index contributed by atoms with van der Waals surface area (Å²) in [6, 6.07) is 1.61. The van der Waals surface area contributed by atoms with E-state index in [0.29, 0.717) is 23.3 Å². The van der Waals surface area contributed by atoms with Crippen LogP contribution in [0.3, 0.4) is 0 Å². The molecule has 0 unspecified atom stereocenters. The Morgan fingerprint density at radius 3 is 2.82 bits per heavy atom. The number of likely N-dealkylation sites (N-methyl/N-ethyl adjacent to an activating group) is 1. The van der Waals surface area contributed by atoms with Crippen LogP contribution in [0.5, 0.6) is 0 Å². The van der Waals surface area contributed by atoms with Crippen LogP contribution in [0, 0.1) is 6.92 Å². The number of amides is 2. The number of hydrogen-bond donors (Lipinski definition) is 1. The molecule has 0 bridgehead atoms. The summed E-state index contributed by atoms with van der Waals surface area (Å²) in [4.78, 5) is 24.3. The van der Waals surface area contributed by atoms with Crippen LogP contribution in [0.2, 0.25) is 0 Å². The molecular formula is C10H14BrN3O3. The van der Waals surface area contributed by atoms with Gasteiger partial charge in [0.1, 0.15) is 5.76 Å². The quantitative estimate of drug-likeness (QED) is 0.828. The van der Waals surface area contributed by atoms with E-state index < -0.39 is 0 Å². The van der Waals surface area contributed by atoms with Crippen LogP contribution >= 0.6 is 15.9 Å². The lowest BCUT2D eigenvalue weighted by atomic mass is 10.4. The van der Waals surface area contributed by atoms with E-state index in [4.69, 9.17) is 4.52 Å². The normalized spacial score (nSPS) is 10.1. The number of carbonyl (C=O) groups excluding carboxylic acids is 2. The van der Waals surface area contributed by atoms with E-state index in [2.05, 4.69) is 26.4 Å². The molecule has 17 heavy (non-hydrogen) atoms. The van der Waals surface area contributed by atoms with E-state index in [1.165, 1.54) is 4.90 Å². The Hall–Kier alpha value is -1.37. The first kappa shape index (κ1) is 13.7. The Kier molecular flexibility index (Phi) is 5.14. The molecule has 0 saturated carbocycles. The zero-order chi connectivity index (χ0) is 12.8. The molecule has 1 rings (SSSR count). The SMILES string of the molecule is Cc1cc(NC(=O)CN(C)C(=O)CCBr)no1. The molecule has 0 spiro atoms. The highest BCUT2D eigenvalue weighted by Gasteiger charge is 2.13. The Balaban J connectivity index is 2.41. The third kappa shape index (κ3) is 4.56. The summed E-state index contributed by atoms with van der Waals surface area (Å²) >= 11 is 3.17. The van der Waals surface area contributed by atoms with Crippen LogP contribution in [0.1, 0.15) is 12.2 Å². The van der Waals surface area contributed by atoms with Crippen LogP contribution in [-0.4, -0.2) is 40.8 Å². The molecule has 0 atom stereocenters. The number of carbonyl (C=O) groups is 2. The number of rotatable bonds is 5. The predicted octanol–water partition coefficient (Wildman–Crippen LogP) is 1.16. The summed E-state index contributed by atoms with van der Waals surface area (Å²) in [5.74, 6) is 0.579. The fourth-order valence-electron chi connectivity index (χ4n) is 1.18. The summed E-state index contributed by atoms with van der Waals surface area (Å²) in [5, 5.41) is 6.75. The molecule has 1 aromatic rings. The highest BCUT2D eigenvalue weighted by Crippen LogP contribution is 2.06. The van der Waals surface area contributed by atoms with E-state index in [0.717, 1.165) is 0 Å². The molecule has 1 aromatic heterocycles. The fraction of sp³-hybridized carbons (Fsp3) is 0.500. The van der Waals surface area contributed by atoms with Gasteiger partial charge in [-0.3, -0.25) is 9.59 Å². The molecule has 0 radical (unpaired) electrons. The van der Waals surface area contributed by atoms with Gasteiger partial charge in [-0.05, 0) is 6.92 Å². The fourth-order valence-corrected chi connectivity index (χ4v) is 1.52. The van der Waals surface area contributed by atoms with Crippen molar-refractivity contribution in [2.45, 2.75) is 13.3 Å². The van der Waals surface area contributed by atoms with Gasteiger partial charge in [-0.25, -0.2) is 0 Å². The molecule has 2 amide bonds. The third-order valence-corrected chi connectivity index (χ3v) is 2.41. The first-order valence-corrected chi connectivity index (χ1v) is 6.18. The zero-order valence-corrected chi connectivity index (χ0v) is 11.3. The number of hydrogen-bond acceptors (Lipinski definition) is 4. The maximum Gasteiger partial charge on any atom is 0.245 e. The van der Waals surface area contributed by atoms with Gasteiger partial charge in [0.15, 0.2) is 5.82 Å². The minimum atomic E-state index is -0.302. The van der Waals surface area contributed by atoms with E-state index in [9.17, 15) is 9.59 Å². The van der Waals surface area contributed by atoms with Gasteiger partial charge in [0.25, 0.3) is 0 Å². The number of aromatic nitrogens is 1. The van der Waals surface area contributed by atoms with Gasteiger partial charge >= 0.3 is 0 Å². The van der Waals surface area contributed by atoms with Crippen LogP contribution in [0.4, 0.5) is 5.82 Å². The lowest BCUT2D eigenvalue weighted by Crippen LogP contribution is -2.35. The molecule has 0 aliphatic heterocycles. The monoisotopic (exact) mass is 303 g/mol. The molecule has 0 fully saturated rings. The number of halogens is 1. The standard InChI is InChI=1S/C10H14BrN3O3/c1-7-5-8(13-17-7)12-9(15)6-14(2)10(16)3-4-11/h5H,3-4,6H2,1-2H3,(H,12,13,15). The summed E-state index contributed by atoms with van der Waals surface area (Å²) in [6.07, 6.45) is 0.368. The molecule has 1 N–H and O–H groups in total. The maximum atomic E-state index is 11.5. The third-order valence-electron chi connectivity index (χ3n) is 2.01. The van der Waals surface area contributed by atoms with Crippen LogP contribution in [-0.2, 0) is 9.59 Å². The highest BCUT2D eigenvalue weighted by atomic mass is 79.9. The Labute approximate surface area is 107 Å². The van der Waals surface area contributed by atoms with Crippen molar-refractivity contribution < 1.29 is 14.1 Å². The van der Waals surface area contributed by atoms with Crippen molar-refractivity contribution in [2.75, 3.05) is 24.2 Å². The largest absolute Gasteiger partial charge is 0.360 e. The summed E-state index contributed by atoms with van der Waals surface area (Å²) in [6.45, 7) is 1.73. The van der Waals surface area contributed by atoms with E-state index in [1.807, 2.05) is 0 Å². The number of anilines is 1. The second-order valence-corrected chi connectivity index (χ2v) is 4.35.